The van der Waals surface area contributed by atoms with Gasteiger partial charge in [0.15, 0.2) is 5.82 Å². The number of hydrogen-bond donors (Lipinski definition) is 0. The van der Waals surface area contributed by atoms with Crippen molar-refractivity contribution in [3.8, 4) is 28.3 Å². The molecule has 0 amide bonds. The van der Waals surface area contributed by atoms with Gasteiger partial charge in [-0.15, -0.1) is 0 Å². The van der Waals surface area contributed by atoms with Crippen molar-refractivity contribution >= 4 is 0 Å². The van der Waals surface area contributed by atoms with Gasteiger partial charge in [0.2, 0.25) is 0 Å². The summed E-state index contributed by atoms with van der Waals surface area (Å²) in [6, 6.07) is 16.2. The molecule has 31 heavy (non-hydrogen) atoms. The number of aryl methyl sites for hydroxylation is 1. The van der Waals surface area contributed by atoms with Crippen molar-refractivity contribution in [3.05, 3.63) is 66.5 Å². The smallest absolute Gasteiger partial charge is 0.159 e. The van der Waals surface area contributed by atoms with Crippen LogP contribution in [0.1, 0.15) is 52.0 Å². The molecule has 1 aromatic heterocycles. The first-order valence-corrected chi connectivity index (χ1v) is 11.3. The maximum atomic E-state index is 13.8. The molecule has 2 aromatic carbocycles. The maximum Gasteiger partial charge on any atom is 0.159 e. The lowest BCUT2D eigenvalue weighted by Gasteiger charge is -2.12. The van der Waals surface area contributed by atoms with Gasteiger partial charge in [-0.3, -0.25) is 0 Å². The fourth-order valence-corrected chi connectivity index (χ4v) is 3.54. The van der Waals surface area contributed by atoms with Crippen molar-refractivity contribution in [1.82, 2.24) is 9.97 Å². The molecular formula is C27H33FN2O. The summed E-state index contributed by atoms with van der Waals surface area (Å²) in [7, 11) is 0. The van der Waals surface area contributed by atoms with Crippen LogP contribution in [0.2, 0.25) is 0 Å². The molecule has 1 heterocycles. The molecule has 0 saturated carbocycles. The van der Waals surface area contributed by atoms with Gasteiger partial charge >= 0.3 is 0 Å². The van der Waals surface area contributed by atoms with Crippen LogP contribution in [-0.4, -0.2) is 22.7 Å². The molecule has 3 rings (SSSR count). The number of hydrogen-bond acceptors (Lipinski definition) is 3. The van der Waals surface area contributed by atoms with Gasteiger partial charge in [0.1, 0.15) is 18.5 Å². The van der Waals surface area contributed by atoms with Gasteiger partial charge in [-0.2, -0.15) is 0 Å². The lowest BCUT2D eigenvalue weighted by atomic mass is 10.0. The predicted octanol–water partition coefficient (Wildman–Crippen LogP) is 7.31. The van der Waals surface area contributed by atoms with Crippen molar-refractivity contribution in [2.24, 2.45) is 5.92 Å². The van der Waals surface area contributed by atoms with E-state index in [1.165, 1.54) is 24.8 Å². The number of alkyl halides is 1. The van der Waals surface area contributed by atoms with Crippen LogP contribution in [0.4, 0.5) is 4.39 Å². The first-order valence-electron chi connectivity index (χ1n) is 11.3. The van der Waals surface area contributed by atoms with Gasteiger partial charge in [-0.25, -0.2) is 14.4 Å². The average molecular weight is 421 g/mol. The van der Waals surface area contributed by atoms with E-state index in [2.05, 4.69) is 41.2 Å². The van der Waals surface area contributed by atoms with Crippen LogP contribution >= 0.6 is 0 Å². The van der Waals surface area contributed by atoms with Crippen LogP contribution in [0, 0.1) is 5.92 Å². The highest BCUT2D eigenvalue weighted by Crippen LogP contribution is 2.24. The summed E-state index contributed by atoms with van der Waals surface area (Å²) in [5, 5.41) is 0. The number of benzene rings is 2. The fourth-order valence-electron chi connectivity index (χ4n) is 3.54. The minimum absolute atomic E-state index is 0.0900. The zero-order valence-electron chi connectivity index (χ0n) is 18.9. The Morgan fingerprint density at radius 1 is 0.839 bits per heavy atom. The second-order valence-electron chi connectivity index (χ2n) is 8.51. The molecule has 0 fully saturated rings. The average Bonchev–Trinajstić information content (AvgIpc) is 2.78. The van der Waals surface area contributed by atoms with E-state index in [4.69, 9.17) is 4.74 Å². The molecule has 0 bridgehead atoms. The first-order chi connectivity index (χ1) is 15.0. The number of unbranched alkanes of at least 4 members (excludes halogenated alkanes) is 2. The van der Waals surface area contributed by atoms with Crippen molar-refractivity contribution in [3.63, 3.8) is 0 Å². The Hall–Kier alpha value is -2.75. The second kappa shape index (κ2) is 11.6. The molecule has 3 nitrogen and oxygen atoms in total. The Balaban J connectivity index is 1.58. The molecule has 0 spiro atoms. The van der Waals surface area contributed by atoms with E-state index in [0.717, 1.165) is 28.9 Å². The molecule has 4 heteroatoms. The summed E-state index contributed by atoms with van der Waals surface area (Å²) in [5.41, 5.74) is 4.33. The maximum absolute atomic E-state index is 13.8. The normalized spacial score (nSPS) is 12.2. The van der Waals surface area contributed by atoms with Crippen molar-refractivity contribution in [1.29, 1.82) is 0 Å². The number of halogens is 1. The van der Waals surface area contributed by atoms with E-state index in [9.17, 15) is 4.39 Å². The summed E-state index contributed by atoms with van der Waals surface area (Å²) in [6.45, 7) is 6.34. The standard InChI is InChI=1S/C27H33FN2O/c1-4-5-6-7-21-8-10-23(11-9-21)27-29-17-24(18-30-27)22-12-14-26(15-13-22)31-19-25(28)16-20(2)3/h8-15,17-18,20,25H,4-7,16,19H2,1-3H3. The highest BCUT2D eigenvalue weighted by Gasteiger charge is 2.10. The van der Waals surface area contributed by atoms with E-state index >= 15 is 0 Å². The first kappa shape index (κ1) is 22.9. The van der Waals surface area contributed by atoms with E-state index in [-0.39, 0.29) is 6.61 Å². The lowest BCUT2D eigenvalue weighted by molar-refractivity contribution is 0.174. The van der Waals surface area contributed by atoms with Gasteiger partial charge in [-0.1, -0.05) is 70.0 Å². The van der Waals surface area contributed by atoms with Crippen LogP contribution < -0.4 is 4.74 Å². The summed E-state index contributed by atoms with van der Waals surface area (Å²) in [5.74, 6) is 1.72. The Morgan fingerprint density at radius 2 is 1.48 bits per heavy atom. The monoisotopic (exact) mass is 420 g/mol. The van der Waals surface area contributed by atoms with E-state index in [0.29, 0.717) is 18.1 Å². The van der Waals surface area contributed by atoms with E-state index < -0.39 is 6.17 Å². The quantitative estimate of drug-likeness (QED) is 0.305. The van der Waals surface area contributed by atoms with Crippen molar-refractivity contribution in [2.75, 3.05) is 6.61 Å². The SMILES string of the molecule is CCCCCc1ccc(-c2ncc(-c3ccc(OCC(F)CC(C)C)cc3)cn2)cc1. The van der Waals surface area contributed by atoms with Crippen LogP contribution in [-0.2, 0) is 6.42 Å². The number of nitrogens with zero attached hydrogens (tertiary/aromatic N) is 2. The summed E-state index contributed by atoms with van der Waals surface area (Å²) < 4.78 is 19.4. The molecule has 0 saturated heterocycles. The molecule has 164 valence electrons. The molecule has 0 aliphatic heterocycles. The minimum atomic E-state index is -0.939. The largest absolute Gasteiger partial charge is 0.491 e. The van der Waals surface area contributed by atoms with Crippen LogP contribution in [0.3, 0.4) is 0 Å². The number of aromatic nitrogens is 2. The van der Waals surface area contributed by atoms with E-state index in [1.54, 1.807) is 0 Å². The van der Waals surface area contributed by atoms with Crippen molar-refractivity contribution < 1.29 is 9.13 Å². The highest BCUT2D eigenvalue weighted by atomic mass is 19.1. The molecule has 0 aliphatic carbocycles. The van der Waals surface area contributed by atoms with Gasteiger partial charge in [0.05, 0.1) is 0 Å². The summed E-state index contributed by atoms with van der Waals surface area (Å²) in [4.78, 5) is 9.10. The zero-order valence-corrected chi connectivity index (χ0v) is 18.9. The fraction of sp³-hybridized carbons (Fsp3) is 0.407. The van der Waals surface area contributed by atoms with Crippen molar-refractivity contribution in [2.45, 2.75) is 59.0 Å². The van der Waals surface area contributed by atoms with Crippen LogP contribution in [0.15, 0.2) is 60.9 Å². The third-order valence-electron chi connectivity index (χ3n) is 5.28. The third kappa shape index (κ3) is 7.16. The van der Waals surface area contributed by atoms with Crippen LogP contribution in [0.25, 0.3) is 22.5 Å². The van der Waals surface area contributed by atoms with Gasteiger partial charge < -0.3 is 4.74 Å². The Morgan fingerprint density at radius 3 is 2.10 bits per heavy atom. The molecular weight excluding hydrogens is 387 g/mol. The topological polar surface area (TPSA) is 35.0 Å². The van der Waals surface area contributed by atoms with Gasteiger partial charge in [-0.05, 0) is 48.4 Å². The molecule has 1 atom stereocenters. The lowest BCUT2D eigenvalue weighted by Crippen LogP contribution is -2.15. The molecule has 3 aromatic rings. The van der Waals surface area contributed by atoms with Gasteiger partial charge in [0.25, 0.3) is 0 Å². The second-order valence-corrected chi connectivity index (χ2v) is 8.51. The number of rotatable bonds is 11. The Kier molecular flexibility index (Phi) is 8.57. The third-order valence-corrected chi connectivity index (χ3v) is 5.28. The van der Waals surface area contributed by atoms with E-state index in [1.807, 2.05) is 50.5 Å². The molecule has 1 unspecified atom stereocenters. The Labute approximate surface area is 185 Å². The highest BCUT2D eigenvalue weighted by molar-refractivity contribution is 5.64. The minimum Gasteiger partial charge on any atom is -0.491 e. The molecule has 0 aliphatic rings. The number of ether oxygens (including phenoxy) is 1. The zero-order chi connectivity index (χ0) is 22.1. The predicted molar refractivity (Wildman–Crippen MR) is 126 cm³/mol. The summed E-state index contributed by atoms with van der Waals surface area (Å²) >= 11 is 0. The van der Waals surface area contributed by atoms with Crippen LogP contribution in [0.5, 0.6) is 5.75 Å². The molecule has 0 N–H and O–H groups in total. The summed E-state index contributed by atoms with van der Waals surface area (Å²) in [6.07, 6.45) is 8.13. The van der Waals surface area contributed by atoms with Gasteiger partial charge in [0, 0.05) is 23.5 Å². The molecule has 0 radical (unpaired) electrons. The Bertz CT molecular complexity index is 905.